The first kappa shape index (κ1) is 19.7. The number of para-hydroxylation sites is 1. The van der Waals surface area contributed by atoms with Gasteiger partial charge in [-0.1, -0.05) is 18.2 Å². The Balaban J connectivity index is 1.66. The van der Waals surface area contributed by atoms with Crippen LogP contribution in [0.15, 0.2) is 53.7 Å². The standard InChI is InChI=1S/C21H26N2O3S/c1-27-19-18(9-5-12-22-19)20(25)23-13-6-10-21(15-23,16-24)11-14-26-17-7-3-2-4-8-17/h2-5,7-9,12,24H,6,10-11,13-16H2,1H3. The molecule has 0 bridgehead atoms. The molecule has 1 fully saturated rings. The van der Waals surface area contributed by atoms with E-state index < -0.39 is 0 Å². The molecule has 1 aliphatic rings. The maximum atomic E-state index is 13.0. The molecule has 0 aliphatic carbocycles. The van der Waals surface area contributed by atoms with Crippen LogP contribution < -0.4 is 4.74 Å². The molecule has 1 saturated heterocycles. The molecule has 1 N–H and O–H groups in total. The summed E-state index contributed by atoms with van der Waals surface area (Å²) in [6, 6.07) is 13.3. The third kappa shape index (κ3) is 4.82. The fourth-order valence-electron chi connectivity index (χ4n) is 3.58. The smallest absolute Gasteiger partial charge is 0.256 e. The molecule has 0 radical (unpaired) electrons. The number of thioether (sulfide) groups is 1. The second-order valence-corrected chi connectivity index (χ2v) is 7.76. The average molecular weight is 387 g/mol. The minimum atomic E-state index is -0.315. The quantitative estimate of drug-likeness (QED) is 0.738. The monoisotopic (exact) mass is 386 g/mol. The first-order valence-corrected chi connectivity index (χ1v) is 10.5. The zero-order valence-corrected chi connectivity index (χ0v) is 16.5. The van der Waals surface area contributed by atoms with Crippen molar-refractivity contribution in [2.75, 3.05) is 32.6 Å². The van der Waals surface area contributed by atoms with Crippen molar-refractivity contribution >= 4 is 17.7 Å². The van der Waals surface area contributed by atoms with E-state index >= 15 is 0 Å². The number of hydrogen-bond donors (Lipinski definition) is 1. The molecule has 1 aromatic carbocycles. The van der Waals surface area contributed by atoms with Gasteiger partial charge in [0.1, 0.15) is 10.8 Å². The third-order valence-electron chi connectivity index (χ3n) is 5.12. The van der Waals surface area contributed by atoms with Crippen LogP contribution in [0.3, 0.4) is 0 Å². The van der Waals surface area contributed by atoms with Gasteiger partial charge in [-0.05, 0) is 49.8 Å². The van der Waals surface area contributed by atoms with E-state index in [9.17, 15) is 9.90 Å². The number of likely N-dealkylation sites (tertiary alicyclic amines) is 1. The zero-order valence-electron chi connectivity index (χ0n) is 15.6. The summed E-state index contributed by atoms with van der Waals surface area (Å²) in [5.41, 5.74) is 0.323. The highest BCUT2D eigenvalue weighted by Crippen LogP contribution is 2.34. The summed E-state index contributed by atoms with van der Waals surface area (Å²) in [5, 5.41) is 10.8. The second kappa shape index (κ2) is 9.24. The summed E-state index contributed by atoms with van der Waals surface area (Å²) in [6.45, 7) is 1.83. The average Bonchev–Trinajstić information content (AvgIpc) is 2.74. The van der Waals surface area contributed by atoms with Crippen molar-refractivity contribution in [1.82, 2.24) is 9.88 Å². The topological polar surface area (TPSA) is 62.7 Å². The third-order valence-corrected chi connectivity index (χ3v) is 5.84. The lowest BCUT2D eigenvalue weighted by molar-refractivity contribution is 0.0154. The Morgan fingerprint density at radius 2 is 2.11 bits per heavy atom. The normalized spacial score (nSPS) is 19.7. The zero-order chi connectivity index (χ0) is 19.1. The van der Waals surface area contributed by atoms with E-state index in [1.165, 1.54) is 11.8 Å². The van der Waals surface area contributed by atoms with E-state index in [0.29, 0.717) is 31.7 Å². The van der Waals surface area contributed by atoms with Gasteiger partial charge in [-0.25, -0.2) is 4.98 Å². The number of benzene rings is 1. The number of ether oxygens (including phenoxy) is 1. The molecular formula is C21H26N2O3S. The number of rotatable bonds is 7. The van der Waals surface area contributed by atoms with Gasteiger partial charge >= 0.3 is 0 Å². The Morgan fingerprint density at radius 1 is 1.30 bits per heavy atom. The Kier molecular flexibility index (Phi) is 6.74. The fourth-order valence-corrected chi connectivity index (χ4v) is 4.12. The maximum Gasteiger partial charge on any atom is 0.256 e. The van der Waals surface area contributed by atoms with E-state index in [-0.39, 0.29) is 17.9 Å². The molecule has 1 unspecified atom stereocenters. The van der Waals surface area contributed by atoms with Gasteiger partial charge in [-0.2, -0.15) is 0 Å². The maximum absolute atomic E-state index is 13.0. The number of aliphatic hydroxyl groups is 1. The molecule has 0 spiro atoms. The van der Waals surface area contributed by atoms with Gasteiger partial charge in [0.15, 0.2) is 0 Å². The van der Waals surface area contributed by atoms with Gasteiger partial charge in [-0.15, -0.1) is 11.8 Å². The number of carbonyl (C=O) groups is 1. The van der Waals surface area contributed by atoms with Crippen LogP contribution in [-0.4, -0.2) is 53.5 Å². The van der Waals surface area contributed by atoms with E-state index in [2.05, 4.69) is 4.98 Å². The highest BCUT2D eigenvalue weighted by atomic mass is 32.2. The van der Waals surface area contributed by atoms with E-state index in [0.717, 1.165) is 23.6 Å². The number of pyridine rings is 1. The predicted octanol–water partition coefficient (Wildman–Crippen LogP) is 3.49. The molecular weight excluding hydrogens is 360 g/mol. The van der Waals surface area contributed by atoms with E-state index in [1.807, 2.05) is 47.6 Å². The predicted molar refractivity (Wildman–Crippen MR) is 107 cm³/mol. The minimum Gasteiger partial charge on any atom is -0.494 e. The summed E-state index contributed by atoms with van der Waals surface area (Å²) in [4.78, 5) is 19.2. The molecule has 5 nitrogen and oxygen atoms in total. The van der Waals surface area contributed by atoms with Crippen LogP contribution >= 0.6 is 11.8 Å². The van der Waals surface area contributed by atoms with Gasteiger partial charge in [-0.3, -0.25) is 4.79 Å². The van der Waals surface area contributed by atoms with Crippen LogP contribution in [0, 0.1) is 5.41 Å². The molecule has 1 atom stereocenters. The number of piperidine rings is 1. The van der Waals surface area contributed by atoms with Gasteiger partial charge in [0.2, 0.25) is 0 Å². The highest BCUT2D eigenvalue weighted by molar-refractivity contribution is 7.98. The second-order valence-electron chi connectivity index (χ2n) is 6.96. The van der Waals surface area contributed by atoms with Crippen LogP contribution in [0.2, 0.25) is 0 Å². The molecule has 3 rings (SSSR count). The molecule has 2 heterocycles. The molecule has 27 heavy (non-hydrogen) atoms. The first-order chi connectivity index (χ1) is 13.2. The van der Waals surface area contributed by atoms with Gasteiger partial charge < -0.3 is 14.7 Å². The Labute approximate surface area is 164 Å². The van der Waals surface area contributed by atoms with Crippen molar-refractivity contribution < 1.29 is 14.6 Å². The number of amides is 1. The molecule has 144 valence electrons. The Bertz CT molecular complexity index is 756. The van der Waals surface area contributed by atoms with Crippen molar-refractivity contribution in [3.05, 3.63) is 54.2 Å². The SMILES string of the molecule is CSc1ncccc1C(=O)N1CCCC(CO)(CCOc2ccccc2)C1. The number of carbonyl (C=O) groups excluding carboxylic acids is 1. The van der Waals surface area contributed by atoms with Crippen molar-refractivity contribution in [3.63, 3.8) is 0 Å². The van der Waals surface area contributed by atoms with E-state index in [4.69, 9.17) is 4.74 Å². The van der Waals surface area contributed by atoms with Crippen molar-refractivity contribution in [1.29, 1.82) is 0 Å². The molecule has 1 amide bonds. The van der Waals surface area contributed by atoms with Crippen molar-refractivity contribution in [3.8, 4) is 5.75 Å². The van der Waals surface area contributed by atoms with Crippen molar-refractivity contribution in [2.24, 2.45) is 5.41 Å². The summed E-state index contributed by atoms with van der Waals surface area (Å²) in [7, 11) is 0. The first-order valence-electron chi connectivity index (χ1n) is 9.24. The molecule has 0 saturated carbocycles. The molecule has 1 aromatic heterocycles. The summed E-state index contributed by atoms with van der Waals surface area (Å²) >= 11 is 1.48. The summed E-state index contributed by atoms with van der Waals surface area (Å²) < 4.78 is 5.82. The summed E-state index contributed by atoms with van der Waals surface area (Å²) in [5.74, 6) is 0.822. The molecule has 2 aromatic rings. The number of aliphatic hydroxyl groups excluding tert-OH is 1. The minimum absolute atomic E-state index is 0.00560. The van der Waals surface area contributed by atoms with Gasteiger partial charge in [0.25, 0.3) is 5.91 Å². The van der Waals surface area contributed by atoms with Gasteiger partial charge in [0.05, 0.1) is 18.8 Å². The number of nitrogens with zero attached hydrogens (tertiary/aromatic N) is 2. The van der Waals surface area contributed by atoms with Gasteiger partial charge in [0, 0.05) is 24.7 Å². The van der Waals surface area contributed by atoms with E-state index in [1.54, 1.807) is 12.3 Å². The molecule has 1 aliphatic heterocycles. The lowest BCUT2D eigenvalue weighted by atomic mass is 9.78. The van der Waals surface area contributed by atoms with Crippen LogP contribution in [-0.2, 0) is 0 Å². The highest BCUT2D eigenvalue weighted by Gasteiger charge is 2.37. The van der Waals surface area contributed by atoms with Crippen LogP contribution in [0.4, 0.5) is 0 Å². The largest absolute Gasteiger partial charge is 0.494 e. The number of hydrogen-bond acceptors (Lipinski definition) is 5. The summed E-state index contributed by atoms with van der Waals surface area (Å²) in [6.07, 6.45) is 6.12. The molecule has 6 heteroatoms. The van der Waals surface area contributed by atoms with Crippen LogP contribution in [0.1, 0.15) is 29.6 Å². The Morgan fingerprint density at radius 3 is 2.85 bits per heavy atom. The fraction of sp³-hybridized carbons (Fsp3) is 0.429. The van der Waals surface area contributed by atoms with Crippen molar-refractivity contribution in [2.45, 2.75) is 24.3 Å². The lowest BCUT2D eigenvalue weighted by Gasteiger charge is -2.42. The Hall–Kier alpha value is -2.05. The van der Waals surface area contributed by atoms with Crippen LogP contribution in [0.5, 0.6) is 5.75 Å². The lowest BCUT2D eigenvalue weighted by Crippen LogP contribution is -2.48. The number of aromatic nitrogens is 1. The van der Waals surface area contributed by atoms with Crippen LogP contribution in [0.25, 0.3) is 0 Å².